The van der Waals surface area contributed by atoms with Gasteiger partial charge in [0, 0.05) is 30.5 Å². The van der Waals surface area contributed by atoms with Gasteiger partial charge in [-0.25, -0.2) is 0 Å². The van der Waals surface area contributed by atoms with Crippen molar-refractivity contribution in [1.29, 1.82) is 0 Å². The van der Waals surface area contributed by atoms with E-state index >= 15 is 0 Å². The summed E-state index contributed by atoms with van der Waals surface area (Å²) in [5.41, 5.74) is 3.98. The van der Waals surface area contributed by atoms with Crippen LogP contribution in [0.1, 0.15) is 65.2 Å². The van der Waals surface area contributed by atoms with Gasteiger partial charge in [-0.15, -0.1) is 0 Å². The minimum Gasteiger partial charge on any atom is -0.300 e. The molecule has 1 aromatic rings. The van der Waals surface area contributed by atoms with Crippen LogP contribution in [-0.4, -0.2) is 36.0 Å². The number of rotatable bonds is 7. The van der Waals surface area contributed by atoms with Gasteiger partial charge in [0.15, 0.2) is 0 Å². The Morgan fingerprint density at radius 1 is 0.880 bits per heavy atom. The highest BCUT2D eigenvalue weighted by atomic mass is 35.9. The Bertz CT molecular complexity index is 528. The second-order valence-corrected chi connectivity index (χ2v) is 12.1. The molecule has 1 aromatic carbocycles. The van der Waals surface area contributed by atoms with Crippen LogP contribution in [0.3, 0.4) is 0 Å². The van der Waals surface area contributed by atoms with Crippen LogP contribution in [-0.2, 0) is 18.5 Å². The predicted octanol–water partition coefficient (Wildman–Crippen LogP) is 6.08. The first-order chi connectivity index (χ1) is 11.3. The second kappa shape index (κ2) is 9.38. The fourth-order valence-corrected chi connectivity index (χ4v) is 4.56. The molecule has 0 bridgehead atoms. The Hall–Kier alpha value is 0.150. The molecule has 0 aliphatic rings. The fraction of sp³-hybridized carbons (Fsp3) is 0.700. The highest BCUT2D eigenvalue weighted by Crippen LogP contribution is 2.48. The molecule has 0 aliphatic carbocycles. The molecule has 0 saturated heterocycles. The van der Waals surface area contributed by atoms with Crippen molar-refractivity contribution >= 4 is 34.4 Å². The summed E-state index contributed by atoms with van der Waals surface area (Å²) in [6, 6.07) is 5.58. The van der Waals surface area contributed by atoms with Gasteiger partial charge >= 0.3 is 0 Å². The summed E-state index contributed by atoms with van der Waals surface area (Å²) in [6.45, 7) is 16.2. The maximum atomic E-state index is 6.50. The second-order valence-electron chi connectivity index (χ2n) is 8.64. The average Bonchev–Trinajstić information content (AvgIpc) is 2.44. The summed E-state index contributed by atoms with van der Waals surface area (Å²) >= 11 is 13.0. The van der Waals surface area contributed by atoms with Crippen molar-refractivity contribution in [3.63, 3.8) is 0 Å². The van der Waals surface area contributed by atoms with Crippen molar-refractivity contribution < 1.29 is 0 Å². The maximum absolute atomic E-state index is 6.50. The summed E-state index contributed by atoms with van der Waals surface area (Å²) in [5.74, 6) is 0. The molecule has 0 N–H and O–H groups in total. The van der Waals surface area contributed by atoms with Crippen LogP contribution in [0.2, 0.25) is 0 Å². The summed E-state index contributed by atoms with van der Waals surface area (Å²) < 4.78 is 0. The fourth-order valence-electron chi connectivity index (χ4n) is 2.55. The molecule has 0 aromatic heterocycles. The van der Waals surface area contributed by atoms with E-state index in [9.17, 15) is 0 Å². The lowest BCUT2D eigenvalue weighted by Crippen LogP contribution is -2.32. The molecule has 2 nitrogen and oxygen atoms in total. The highest BCUT2D eigenvalue weighted by Gasteiger charge is 2.24. The lowest BCUT2D eigenvalue weighted by molar-refractivity contribution is 0.262. The van der Waals surface area contributed by atoms with Crippen molar-refractivity contribution in [1.82, 2.24) is 9.80 Å². The SMILES string of the molecule is CC(C)N(C)Cc1cc(C(C)(C)C)cc(CN(C)C(C)C)c1P(Cl)Cl. The van der Waals surface area contributed by atoms with Crippen molar-refractivity contribution in [3.8, 4) is 0 Å². The molecular weight excluding hydrogens is 370 g/mol. The normalized spacial score (nSPS) is 13.1. The average molecular weight is 405 g/mol. The van der Waals surface area contributed by atoms with Gasteiger partial charge in [-0.1, -0.05) is 55.4 Å². The van der Waals surface area contributed by atoms with E-state index < -0.39 is 6.63 Å². The molecule has 0 fully saturated rings. The summed E-state index contributed by atoms with van der Waals surface area (Å²) in [7, 11) is 4.31. The Morgan fingerprint density at radius 2 is 1.24 bits per heavy atom. The number of hydrogen-bond donors (Lipinski definition) is 0. The van der Waals surface area contributed by atoms with Crippen molar-refractivity contribution in [2.45, 2.75) is 79.1 Å². The Balaban J connectivity index is 3.50. The largest absolute Gasteiger partial charge is 0.300 e. The van der Waals surface area contributed by atoms with Crippen molar-refractivity contribution in [3.05, 3.63) is 28.8 Å². The lowest BCUT2D eigenvalue weighted by atomic mass is 9.84. The van der Waals surface area contributed by atoms with Gasteiger partial charge in [0.1, 0.15) is 6.63 Å². The Labute approximate surface area is 166 Å². The first-order valence-electron chi connectivity index (χ1n) is 9.03. The molecule has 0 saturated carbocycles. The van der Waals surface area contributed by atoms with Gasteiger partial charge in [0.05, 0.1) is 0 Å². The first-order valence-corrected chi connectivity index (χ1v) is 12.2. The van der Waals surface area contributed by atoms with E-state index in [1.165, 1.54) is 16.7 Å². The molecule has 0 unspecified atom stereocenters. The van der Waals surface area contributed by atoms with Crippen LogP contribution in [0.4, 0.5) is 0 Å². The van der Waals surface area contributed by atoms with Gasteiger partial charge in [0.25, 0.3) is 0 Å². The van der Waals surface area contributed by atoms with E-state index in [4.69, 9.17) is 22.5 Å². The van der Waals surface area contributed by atoms with Gasteiger partial charge in [-0.05, 0) is 63.9 Å². The smallest absolute Gasteiger partial charge is 0.117 e. The summed E-state index contributed by atoms with van der Waals surface area (Å²) in [5, 5.41) is 1.14. The van der Waals surface area contributed by atoms with Crippen LogP contribution < -0.4 is 5.30 Å². The van der Waals surface area contributed by atoms with Crippen LogP contribution in [0.5, 0.6) is 0 Å². The number of nitrogens with zero attached hydrogens (tertiary/aromatic N) is 2. The molecule has 0 atom stereocenters. The number of halogens is 2. The van der Waals surface area contributed by atoms with E-state index in [0.717, 1.165) is 18.4 Å². The molecular formula is C20H35Cl2N2P. The van der Waals surface area contributed by atoms with E-state index in [1.54, 1.807) is 0 Å². The minimum atomic E-state index is -1.19. The zero-order valence-corrected chi connectivity index (χ0v) is 19.7. The van der Waals surface area contributed by atoms with Crippen LogP contribution in [0, 0.1) is 0 Å². The van der Waals surface area contributed by atoms with Crippen molar-refractivity contribution in [2.24, 2.45) is 0 Å². The zero-order valence-electron chi connectivity index (χ0n) is 17.3. The quantitative estimate of drug-likeness (QED) is 0.508. The van der Waals surface area contributed by atoms with Gasteiger partial charge in [-0.3, -0.25) is 9.80 Å². The third kappa shape index (κ3) is 6.67. The lowest BCUT2D eigenvalue weighted by Gasteiger charge is -2.30. The standard InChI is InChI=1S/C20H35Cl2N2P/c1-14(2)23(8)12-16-10-18(20(5,6)7)11-17(19(16)25(21)22)13-24(9)15(3)4/h10-11,14-15H,12-13H2,1-9H3. The van der Waals surface area contributed by atoms with Crippen LogP contribution in [0.15, 0.2) is 12.1 Å². The predicted molar refractivity (Wildman–Crippen MR) is 117 cm³/mol. The molecule has 0 radical (unpaired) electrons. The highest BCUT2D eigenvalue weighted by molar-refractivity contribution is 8.09. The zero-order chi connectivity index (χ0) is 19.5. The third-order valence-corrected chi connectivity index (χ3v) is 6.83. The molecule has 0 aliphatic heterocycles. The van der Waals surface area contributed by atoms with Gasteiger partial charge in [0.2, 0.25) is 0 Å². The van der Waals surface area contributed by atoms with Crippen LogP contribution in [0.25, 0.3) is 0 Å². The van der Waals surface area contributed by atoms with Gasteiger partial charge < -0.3 is 0 Å². The third-order valence-electron chi connectivity index (χ3n) is 4.91. The molecule has 0 heterocycles. The van der Waals surface area contributed by atoms with Crippen LogP contribution >= 0.6 is 29.1 Å². The maximum Gasteiger partial charge on any atom is 0.117 e. The Kier molecular flexibility index (Phi) is 8.70. The van der Waals surface area contributed by atoms with E-state index in [-0.39, 0.29) is 5.41 Å². The molecule has 5 heteroatoms. The molecule has 0 spiro atoms. The van der Waals surface area contributed by atoms with E-state index in [1.807, 2.05) is 0 Å². The summed E-state index contributed by atoms with van der Waals surface area (Å²) in [6.07, 6.45) is 0. The molecule has 0 amide bonds. The molecule has 25 heavy (non-hydrogen) atoms. The number of benzene rings is 1. The molecule has 144 valence electrons. The number of hydrogen-bond acceptors (Lipinski definition) is 2. The minimum absolute atomic E-state index is 0.0935. The summed E-state index contributed by atoms with van der Waals surface area (Å²) in [4.78, 5) is 4.68. The Morgan fingerprint density at radius 3 is 1.48 bits per heavy atom. The van der Waals surface area contributed by atoms with E-state index in [0.29, 0.717) is 12.1 Å². The first kappa shape index (κ1) is 23.2. The molecule has 1 rings (SSSR count). The van der Waals surface area contributed by atoms with Gasteiger partial charge in [-0.2, -0.15) is 0 Å². The topological polar surface area (TPSA) is 6.48 Å². The van der Waals surface area contributed by atoms with E-state index in [2.05, 4.69) is 84.5 Å². The monoisotopic (exact) mass is 404 g/mol. The van der Waals surface area contributed by atoms with Crippen molar-refractivity contribution in [2.75, 3.05) is 14.1 Å².